The molecule has 0 aliphatic rings. The van der Waals surface area contributed by atoms with E-state index in [0.29, 0.717) is 10.7 Å². The molecule has 0 aliphatic heterocycles. The fourth-order valence-corrected chi connectivity index (χ4v) is 1.31. The number of anilines is 1. The van der Waals surface area contributed by atoms with Crippen LogP contribution in [0.15, 0.2) is 36.5 Å². The number of nitrogen functional groups attached to an aromatic ring is 1. The fraction of sp³-hybridized carbons (Fsp3) is 0. The number of ether oxygens (including phenoxy) is 1. The number of hydrogen-bond donors (Lipinski definition) is 1. The van der Waals surface area contributed by atoms with E-state index in [9.17, 15) is 4.39 Å². The molecule has 1 heterocycles. The maximum Gasteiger partial charge on any atom is 0.255 e. The van der Waals surface area contributed by atoms with Crippen molar-refractivity contribution >= 4 is 17.3 Å². The summed E-state index contributed by atoms with van der Waals surface area (Å²) in [5.41, 5.74) is 6.02. The molecule has 5 heteroatoms. The summed E-state index contributed by atoms with van der Waals surface area (Å²) in [7, 11) is 0. The van der Waals surface area contributed by atoms with Crippen molar-refractivity contribution in [1.29, 1.82) is 0 Å². The molecular formula is C11H8ClFN2O. The van der Waals surface area contributed by atoms with E-state index in [-0.39, 0.29) is 11.6 Å². The van der Waals surface area contributed by atoms with Crippen molar-refractivity contribution in [3.63, 3.8) is 0 Å². The molecule has 2 aromatic rings. The Morgan fingerprint density at radius 1 is 1.31 bits per heavy atom. The van der Waals surface area contributed by atoms with E-state index in [2.05, 4.69) is 4.98 Å². The van der Waals surface area contributed by atoms with E-state index < -0.39 is 5.82 Å². The molecule has 0 amide bonds. The van der Waals surface area contributed by atoms with Gasteiger partial charge in [-0.2, -0.15) is 0 Å². The van der Waals surface area contributed by atoms with Crippen LogP contribution in [-0.2, 0) is 0 Å². The molecule has 0 fully saturated rings. The maximum absolute atomic E-state index is 13.2. The quantitative estimate of drug-likeness (QED) is 0.817. The Labute approximate surface area is 96.6 Å². The summed E-state index contributed by atoms with van der Waals surface area (Å²) < 4.78 is 18.5. The molecule has 3 nitrogen and oxygen atoms in total. The number of pyridine rings is 1. The molecule has 1 aromatic heterocycles. The van der Waals surface area contributed by atoms with Gasteiger partial charge >= 0.3 is 0 Å². The highest BCUT2D eigenvalue weighted by molar-refractivity contribution is 6.30. The van der Waals surface area contributed by atoms with Crippen LogP contribution in [0.1, 0.15) is 0 Å². The minimum absolute atomic E-state index is 0.128. The molecule has 1 aromatic carbocycles. The first-order valence-corrected chi connectivity index (χ1v) is 4.88. The number of benzene rings is 1. The van der Waals surface area contributed by atoms with Crippen LogP contribution in [0.25, 0.3) is 0 Å². The van der Waals surface area contributed by atoms with Crippen LogP contribution in [-0.4, -0.2) is 4.98 Å². The van der Waals surface area contributed by atoms with Crippen LogP contribution in [0.4, 0.5) is 10.1 Å². The van der Waals surface area contributed by atoms with E-state index in [1.54, 1.807) is 12.1 Å². The topological polar surface area (TPSA) is 48.1 Å². The predicted octanol–water partition coefficient (Wildman–Crippen LogP) is 3.25. The lowest BCUT2D eigenvalue weighted by Gasteiger charge is -2.07. The fourth-order valence-electron chi connectivity index (χ4n) is 1.15. The second-order valence-corrected chi connectivity index (χ2v) is 3.51. The molecule has 0 aliphatic carbocycles. The van der Waals surface area contributed by atoms with E-state index in [0.717, 1.165) is 0 Å². The Kier molecular flexibility index (Phi) is 2.92. The van der Waals surface area contributed by atoms with Gasteiger partial charge in [-0.15, -0.1) is 0 Å². The summed E-state index contributed by atoms with van der Waals surface area (Å²) >= 11 is 5.77. The zero-order valence-corrected chi connectivity index (χ0v) is 8.91. The predicted molar refractivity (Wildman–Crippen MR) is 60.1 cm³/mol. The number of hydrogen-bond acceptors (Lipinski definition) is 3. The van der Waals surface area contributed by atoms with E-state index >= 15 is 0 Å². The largest absolute Gasteiger partial charge is 0.434 e. The highest BCUT2D eigenvalue weighted by atomic mass is 35.5. The summed E-state index contributed by atoms with van der Waals surface area (Å²) in [6.07, 6.45) is 1.43. The molecule has 0 atom stereocenters. The van der Waals surface area contributed by atoms with Crippen LogP contribution in [0, 0.1) is 5.82 Å². The molecule has 82 valence electrons. The van der Waals surface area contributed by atoms with Gasteiger partial charge < -0.3 is 10.5 Å². The van der Waals surface area contributed by atoms with Crippen LogP contribution < -0.4 is 10.5 Å². The van der Waals surface area contributed by atoms with Gasteiger partial charge in [0.2, 0.25) is 0 Å². The Morgan fingerprint density at radius 2 is 2.12 bits per heavy atom. The first kappa shape index (κ1) is 10.7. The molecule has 0 saturated heterocycles. The highest BCUT2D eigenvalue weighted by Crippen LogP contribution is 2.30. The van der Waals surface area contributed by atoms with E-state index in [1.165, 1.54) is 24.4 Å². The second kappa shape index (κ2) is 4.37. The van der Waals surface area contributed by atoms with Crippen molar-refractivity contribution in [3.05, 3.63) is 47.4 Å². The van der Waals surface area contributed by atoms with Gasteiger partial charge in [0.15, 0.2) is 11.6 Å². The third-order valence-electron chi connectivity index (χ3n) is 1.91. The molecule has 0 spiro atoms. The van der Waals surface area contributed by atoms with Gasteiger partial charge in [0.1, 0.15) is 0 Å². The van der Waals surface area contributed by atoms with Crippen molar-refractivity contribution in [2.45, 2.75) is 0 Å². The Morgan fingerprint density at radius 3 is 2.88 bits per heavy atom. The van der Waals surface area contributed by atoms with E-state index in [4.69, 9.17) is 22.1 Å². The minimum Gasteiger partial charge on any atom is -0.434 e. The normalized spacial score (nSPS) is 10.1. The van der Waals surface area contributed by atoms with Gasteiger partial charge in [-0.1, -0.05) is 11.6 Å². The summed E-state index contributed by atoms with van der Waals surface area (Å²) in [5, 5.41) is 0.459. The maximum atomic E-state index is 13.2. The lowest BCUT2D eigenvalue weighted by molar-refractivity contribution is 0.424. The number of nitrogens with two attached hydrogens (primary N) is 1. The van der Waals surface area contributed by atoms with Gasteiger partial charge in [0.05, 0.1) is 5.69 Å². The first-order valence-electron chi connectivity index (χ1n) is 4.50. The zero-order valence-electron chi connectivity index (χ0n) is 8.15. The van der Waals surface area contributed by atoms with Crippen molar-refractivity contribution in [1.82, 2.24) is 4.98 Å². The molecule has 2 rings (SSSR count). The molecule has 16 heavy (non-hydrogen) atoms. The standard InChI is InChI=1S/C11H8ClFN2O/c12-7-3-4-9(14)10(6-7)16-11-8(13)2-1-5-15-11/h1-6H,14H2. The summed E-state index contributed by atoms with van der Waals surface area (Å²) in [4.78, 5) is 3.75. The average molecular weight is 239 g/mol. The minimum atomic E-state index is -0.554. The van der Waals surface area contributed by atoms with Crippen LogP contribution >= 0.6 is 11.6 Å². The lowest BCUT2D eigenvalue weighted by Crippen LogP contribution is -1.95. The summed E-state index contributed by atoms with van der Waals surface area (Å²) in [5.74, 6) is -0.400. The number of rotatable bonds is 2. The second-order valence-electron chi connectivity index (χ2n) is 3.07. The first-order chi connectivity index (χ1) is 7.66. The van der Waals surface area contributed by atoms with E-state index in [1.807, 2.05) is 0 Å². The lowest BCUT2D eigenvalue weighted by atomic mass is 10.3. The molecule has 0 unspecified atom stereocenters. The summed E-state index contributed by atoms with van der Waals surface area (Å²) in [6, 6.07) is 7.44. The molecule has 0 radical (unpaired) electrons. The van der Waals surface area contributed by atoms with Crippen molar-refractivity contribution in [2.24, 2.45) is 0 Å². The van der Waals surface area contributed by atoms with Crippen molar-refractivity contribution in [3.8, 4) is 11.6 Å². The molecule has 0 saturated carbocycles. The number of aromatic nitrogens is 1. The van der Waals surface area contributed by atoms with Gasteiger partial charge in [0, 0.05) is 17.3 Å². The van der Waals surface area contributed by atoms with Crippen LogP contribution in [0.5, 0.6) is 11.6 Å². The molecule has 0 bridgehead atoms. The SMILES string of the molecule is Nc1ccc(Cl)cc1Oc1ncccc1F. The van der Waals surface area contributed by atoms with Crippen molar-refractivity contribution in [2.75, 3.05) is 5.73 Å². The number of halogens is 2. The van der Waals surface area contributed by atoms with Gasteiger partial charge in [-0.05, 0) is 24.3 Å². The van der Waals surface area contributed by atoms with Crippen LogP contribution in [0.2, 0.25) is 5.02 Å². The average Bonchev–Trinajstić information content (AvgIpc) is 2.27. The Hall–Kier alpha value is -1.81. The monoisotopic (exact) mass is 238 g/mol. The van der Waals surface area contributed by atoms with Crippen LogP contribution in [0.3, 0.4) is 0 Å². The summed E-state index contributed by atoms with van der Waals surface area (Å²) in [6.45, 7) is 0. The van der Waals surface area contributed by atoms with Crippen molar-refractivity contribution < 1.29 is 9.13 Å². The number of nitrogens with zero attached hydrogens (tertiary/aromatic N) is 1. The van der Waals surface area contributed by atoms with Gasteiger partial charge in [0.25, 0.3) is 5.88 Å². The molecular weight excluding hydrogens is 231 g/mol. The third-order valence-corrected chi connectivity index (χ3v) is 2.14. The zero-order chi connectivity index (χ0) is 11.5. The third kappa shape index (κ3) is 2.23. The Balaban J connectivity index is 2.34. The molecule has 2 N–H and O–H groups in total. The smallest absolute Gasteiger partial charge is 0.255 e. The van der Waals surface area contributed by atoms with Gasteiger partial charge in [-0.3, -0.25) is 0 Å². The highest BCUT2D eigenvalue weighted by Gasteiger charge is 2.08. The Bertz CT molecular complexity index is 519. The van der Waals surface area contributed by atoms with Gasteiger partial charge in [-0.25, -0.2) is 9.37 Å².